The summed E-state index contributed by atoms with van der Waals surface area (Å²) in [6, 6.07) is 4.56. The van der Waals surface area contributed by atoms with Crippen LogP contribution in [0.25, 0.3) is 0 Å². The maximum absolute atomic E-state index is 13.5. The fourth-order valence-electron chi connectivity index (χ4n) is 1.77. The molecule has 0 heterocycles. The Labute approximate surface area is 122 Å². The molecule has 0 fully saturated rings. The van der Waals surface area contributed by atoms with Gasteiger partial charge in [0.2, 0.25) is 5.82 Å². The van der Waals surface area contributed by atoms with E-state index in [4.69, 9.17) is 4.74 Å². The van der Waals surface area contributed by atoms with Gasteiger partial charge in [0.15, 0.2) is 23.3 Å². The van der Waals surface area contributed by atoms with E-state index in [-0.39, 0.29) is 5.75 Å². The Hall–Kier alpha value is -2.44. The van der Waals surface area contributed by atoms with Crippen molar-refractivity contribution in [3.8, 4) is 5.75 Å². The van der Waals surface area contributed by atoms with Crippen molar-refractivity contribution < 1.29 is 31.5 Å². The first kappa shape index (κ1) is 15.9. The summed E-state index contributed by atoms with van der Waals surface area (Å²) in [5.41, 5.74) is -0.403. The molecule has 2 aromatic rings. The quantitative estimate of drug-likeness (QED) is 0.273. The van der Waals surface area contributed by atoms with Crippen molar-refractivity contribution in [1.29, 1.82) is 0 Å². The van der Waals surface area contributed by atoms with Gasteiger partial charge in [-0.05, 0) is 31.0 Å². The van der Waals surface area contributed by atoms with E-state index in [2.05, 4.69) is 0 Å². The van der Waals surface area contributed by atoms with Crippen molar-refractivity contribution in [2.75, 3.05) is 0 Å². The van der Waals surface area contributed by atoms with Crippen LogP contribution in [0, 0.1) is 42.9 Å². The van der Waals surface area contributed by atoms with E-state index in [0.29, 0.717) is 5.56 Å². The van der Waals surface area contributed by atoms with Gasteiger partial charge in [0, 0.05) is 0 Å². The van der Waals surface area contributed by atoms with Gasteiger partial charge in [-0.15, -0.1) is 0 Å². The summed E-state index contributed by atoms with van der Waals surface area (Å²) in [6.45, 7) is 3.28. The highest BCUT2D eigenvalue weighted by molar-refractivity contribution is 5.92. The van der Waals surface area contributed by atoms with Gasteiger partial charge < -0.3 is 4.74 Å². The largest absolute Gasteiger partial charge is 0.422 e. The Morgan fingerprint density at radius 1 is 0.864 bits per heavy atom. The molecule has 2 nitrogen and oxygen atoms in total. The monoisotopic (exact) mass is 316 g/mol. The summed E-state index contributed by atoms with van der Waals surface area (Å²) in [6.07, 6.45) is 0. The van der Waals surface area contributed by atoms with E-state index in [1.54, 1.807) is 19.9 Å². The second-order valence-corrected chi connectivity index (χ2v) is 4.53. The van der Waals surface area contributed by atoms with Crippen LogP contribution in [0.4, 0.5) is 22.0 Å². The minimum Gasteiger partial charge on any atom is -0.422 e. The van der Waals surface area contributed by atoms with Crippen LogP contribution in [0.3, 0.4) is 0 Å². The van der Waals surface area contributed by atoms with Gasteiger partial charge >= 0.3 is 5.97 Å². The molecule has 0 amide bonds. The number of halogens is 5. The van der Waals surface area contributed by atoms with Crippen molar-refractivity contribution in [3.05, 3.63) is 64.0 Å². The van der Waals surface area contributed by atoms with Crippen LogP contribution in [-0.4, -0.2) is 5.97 Å². The van der Waals surface area contributed by atoms with E-state index >= 15 is 0 Å². The molecule has 22 heavy (non-hydrogen) atoms. The number of ether oxygens (including phenoxy) is 1. The summed E-state index contributed by atoms with van der Waals surface area (Å²) in [7, 11) is 0. The van der Waals surface area contributed by atoms with Gasteiger partial charge in [-0.3, -0.25) is 0 Å². The van der Waals surface area contributed by atoms with Gasteiger partial charge in [0.25, 0.3) is 0 Å². The summed E-state index contributed by atoms with van der Waals surface area (Å²) in [5, 5.41) is 0. The molecule has 0 saturated heterocycles. The molecule has 116 valence electrons. The molecule has 7 heteroatoms. The molecule has 2 aromatic carbocycles. The fraction of sp³-hybridized carbons (Fsp3) is 0.133. The average molecular weight is 316 g/mol. The molecular weight excluding hydrogens is 307 g/mol. The Balaban J connectivity index is 2.49. The second kappa shape index (κ2) is 5.75. The summed E-state index contributed by atoms with van der Waals surface area (Å²) < 4.78 is 70.9. The smallest absolute Gasteiger partial charge is 0.349 e. The molecular formula is C15H9F5O2. The SMILES string of the molecule is Cc1cccc(OC(=O)c2c(F)c(F)c(F)c(F)c2F)c1C. The first-order valence-electron chi connectivity index (χ1n) is 6.05. The van der Waals surface area contributed by atoms with Crippen molar-refractivity contribution in [1.82, 2.24) is 0 Å². The lowest BCUT2D eigenvalue weighted by Crippen LogP contribution is -2.17. The molecule has 0 radical (unpaired) electrons. The molecule has 0 bridgehead atoms. The van der Waals surface area contributed by atoms with E-state index in [1.165, 1.54) is 12.1 Å². The zero-order valence-electron chi connectivity index (χ0n) is 11.4. The van der Waals surface area contributed by atoms with Crippen LogP contribution in [0.15, 0.2) is 18.2 Å². The van der Waals surface area contributed by atoms with E-state index in [0.717, 1.165) is 5.56 Å². The van der Waals surface area contributed by atoms with Gasteiger partial charge in [0.1, 0.15) is 11.3 Å². The van der Waals surface area contributed by atoms with Crippen LogP contribution in [0.1, 0.15) is 21.5 Å². The molecule has 0 aliphatic heterocycles. The van der Waals surface area contributed by atoms with E-state index in [9.17, 15) is 26.7 Å². The third-order valence-electron chi connectivity index (χ3n) is 3.17. The van der Waals surface area contributed by atoms with Crippen molar-refractivity contribution in [2.24, 2.45) is 0 Å². The fourth-order valence-corrected chi connectivity index (χ4v) is 1.77. The van der Waals surface area contributed by atoms with Crippen molar-refractivity contribution in [3.63, 3.8) is 0 Å². The number of aryl methyl sites for hydroxylation is 1. The van der Waals surface area contributed by atoms with Crippen LogP contribution in [0.2, 0.25) is 0 Å². The number of hydrogen-bond acceptors (Lipinski definition) is 2. The highest BCUT2D eigenvalue weighted by atomic mass is 19.2. The van der Waals surface area contributed by atoms with Gasteiger partial charge in [0.05, 0.1) is 0 Å². The maximum Gasteiger partial charge on any atom is 0.349 e. The zero-order chi connectivity index (χ0) is 16.6. The Morgan fingerprint density at radius 3 is 1.91 bits per heavy atom. The molecule has 0 spiro atoms. The standard InChI is InChI=1S/C15H9F5O2/c1-6-4-3-5-8(7(6)2)22-15(21)9-10(16)12(18)14(20)13(19)11(9)17/h3-5H,1-2H3. The van der Waals surface area contributed by atoms with Crippen LogP contribution in [0.5, 0.6) is 5.75 Å². The number of rotatable bonds is 2. The van der Waals surface area contributed by atoms with Crippen molar-refractivity contribution >= 4 is 5.97 Å². The molecule has 0 aromatic heterocycles. The maximum atomic E-state index is 13.5. The number of esters is 1. The molecule has 2 rings (SSSR count). The molecule has 0 N–H and O–H groups in total. The van der Waals surface area contributed by atoms with Gasteiger partial charge in [-0.25, -0.2) is 26.7 Å². The first-order valence-corrected chi connectivity index (χ1v) is 6.05. The van der Waals surface area contributed by atoms with Crippen molar-refractivity contribution in [2.45, 2.75) is 13.8 Å². The first-order chi connectivity index (χ1) is 10.3. The second-order valence-electron chi connectivity index (χ2n) is 4.53. The predicted octanol–water partition coefficient (Wildman–Crippen LogP) is 4.22. The van der Waals surface area contributed by atoms with Crippen LogP contribution in [-0.2, 0) is 0 Å². The number of carbonyl (C=O) groups excluding carboxylic acids is 1. The van der Waals surface area contributed by atoms with E-state index < -0.39 is 40.6 Å². The molecule has 0 unspecified atom stereocenters. The minimum atomic E-state index is -2.33. The van der Waals surface area contributed by atoms with Crippen LogP contribution >= 0.6 is 0 Å². The lowest BCUT2D eigenvalue weighted by Gasteiger charge is -2.11. The molecule has 0 aliphatic rings. The van der Waals surface area contributed by atoms with Gasteiger partial charge in [-0.1, -0.05) is 12.1 Å². The summed E-state index contributed by atoms with van der Waals surface area (Å²) in [4.78, 5) is 11.8. The normalized spacial score (nSPS) is 10.7. The Morgan fingerprint density at radius 2 is 1.36 bits per heavy atom. The van der Waals surface area contributed by atoms with E-state index in [1.807, 2.05) is 0 Å². The third-order valence-corrected chi connectivity index (χ3v) is 3.17. The lowest BCUT2D eigenvalue weighted by molar-refractivity contribution is 0.0719. The lowest BCUT2D eigenvalue weighted by atomic mass is 10.1. The van der Waals surface area contributed by atoms with Crippen LogP contribution < -0.4 is 4.74 Å². The summed E-state index contributed by atoms with van der Waals surface area (Å²) >= 11 is 0. The highest BCUT2D eigenvalue weighted by Crippen LogP contribution is 2.26. The molecule has 0 atom stereocenters. The Kier molecular flexibility index (Phi) is 4.16. The number of hydrogen-bond donors (Lipinski definition) is 0. The topological polar surface area (TPSA) is 26.3 Å². The molecule has 0 saturated carbocycles. The number of benzene rings is 2. The minimum absolute atomic E-state index is 0.0334. The zero-order valence-corrected chi connectivity index (χ0v) is 11.4. The third kappa shape index (κ3) is 2.54. The molecule has 0 aliphatic carbocycles. The Bertz CT molecular complexity index is 742. The summed E-state index contributed by atoms with van der Waals surface area (Å²) in [5.74, 6) is -12.9. The number of carbonyl (C=O) groups is 1. The highest BCUT2D eigenvalue weighted by Gasteiger charge is 2.31. The average Bonchev–Trinajstić information content (AvgIpc) is 2.48. The van der Waals surface area contributed by atoms with Gasteiger partial charge in [-0.2, -0.15) is 0 Å². The predicted molar refractivity (Wildman–Crippen MR) is 67.1 cm³/mol.